The molecule has 1 heterocycles. The van der Waals surface area contributed by atoms with Crippen LogP contribution in [0.1, 0.15) is 25.6 Å². The molecule has 0 fully saturated rings. The molecular formula is C14H26IN3S. The van der Waals surface area contributed by atoms with Gasteiger partial charge >= 0.3 is 0 Å². The quantitative estimate of drug-likeness (QED) is 0.440. The van der Waals surface area contributed by atoms with Crippen molar-refractivity contribution in [1.82, 2.24) is 10.6 Å². The van der Waals surface area contributed by atoms with Crippen LogP contribution in [0.3, 0.4) is 0 Å². The molecule has 19 heavy (non-hydrogen) atoms. The van der Waals surface area contributed by atoms with Crippen LogP contribution < -0.4 is 10.6 Å². The lowest BCUT2D eigenvalue weighted by Crippen LogP contribution is -2.41. The Bertz CT molecular complexity index is 350. The zero-order valence-corrected chi connectivity index (χ0v) is 15.4. The van der Waals surface area contributed by atoms with Gasteiger partial charge in [-0.05, 0) is 29.7 Å². The standard InChI is InChI=1S/C14H25N3S.HI/c1-11(2)9-16-14(15-4)17-10-12(3)8-13-6-5-7-18-13;/h5-7,11-12H,8-10H2,1-4H3,(H2,15,16,17);1H. The second kappa shape index (κ2) is 10.5. The maximum absolute atomic E-state index is 4.23. The molecule has 0 spiro atoms. The normalized spacial score (nSPS) is 13.0. The molecule has 0 bridgehead atoms. The number of thiophene rings is 1. The van der Waals surface area contributed by atoms with Crippen molar-refractivity contribution in [2.45, 2.75) is 27.2 Å². The monoisotopic (exact) mass is 395 g/mol. The molecule has 0 amide bonds. The second-order valence-corrected chi connectivity index (χ2v) is 6.15. The van der Waals surface area contributed by atoms with Crippen molar-refractivity contribution in [1.29, 1.82) is 0 Å². The van der Waals surface area contributed by atoms with Gasteiger partial charge in [-0.3, -0.25) is 4.99 Å². The fraction of sp³-hybridized carbons (Fsp3) is 0.643. The van der Waals surface area contributed by atoms with Crippen LogP contribution in [0, 0.1) is 11.8 Å². The third kappa shape index (κ3) is 8.47. The van der Waals surface area contributed by atoms with Gasteiger partial charge in [0, 0.05) is 25.0 Å². The van der Waals surface area contributed by atoms with Crippen molar-refractivity contribution in [3.8, 4) is 0 Å². The zero-order chi connectivity index (χ0) is 13.4. The Labute approximate surface area is 138 Å². The van der Waals surface area contributed by atoms with Crippen molar-refractivity contribution < 1.29 is 0 Å². The number of guanidine groups is 1. The third-order valence-corrected chi connectivity index (χ3v) is 3.55. The number of rotatable bonds is 6. The molecule has 0 saturated heterocycles. The number of nitrogens with one attached hydrogen (secondary N) is 2. The lowest BCUT2D eigenvalue weighted by atomic mass is 10.1. The summed E-state index contributed by atoms with van der Waals surface area (Å²) in [5.41, 5.74) is 0. The predicted molar refractivity (Wildman–Crippen MR) is 96.8 cm³/mol. The van der Waals surface area contributed by atoms with Crippen molar-refractivity contribution in [2.75, 3.05) is 20.1 Å². The minimum Gasteiger partial charge on any atom is -0.356 e. The summed E-state index contributed by atoms with van der Waals surface area (Å²) >= 11 is 1.83. The molecule has 0 radical (unpaired) electrons. The molecule has 0 saturated carbocycles. The fourth-order valence-electron chi connectivity index (χ4n) is 1.64. The Hall–Kier alpha value is -0.300. The predicted octanol–water partition coefficient (Wildman–Crippen LogP) is 3.37. The molecule has 0 aromatic carbocycles. The molecule has 0 aliphatic rings. The maximum Gasteiger partial charge on any atom is 0.190 e. The molecule has 1 rings (SSSR count). The summed E-state index contributed by atoms with van der Waals surface area (Å²) in [5, 5.41) is 8.84. The summed E-state index contributed by atoms with van der Waals surface area (Å²) < 4.78 is 0. The van der Waals surface area contributed by atoms with E-state index in [2.05, 4.69) is 53.9 Å². The number of hydrogen-bond acceptors (Lipinski definition) is 2. The number of halogens is 1. The van der Waals surface area contributed by atoms with Crippen molar-refractivity contribution in [3.63, 3.8) is 0 Å². The number of aliphatic imine (C=N–C) groups is 1. The van der Waals surface area contributed by atoms with Gasteiger partial charge in [-0.25, -0.2) is 0 Å². The lowest BCUT2D eigenvalue weighted by Gasteiger charge is -2.16. The number of nitrogens with zero attached hydrogens (tertiary/aromatic N) is 1. The Morgan fingerprint density at radius 1 is 1.26 bits per heavy atom. The first-order chi connectivity index (χ1) is 8.61. The maximum atomic E-state index is 4.23. The smallest absolute Gasteiger partial charge is 0.190 e. The highest BCUT2D eigenvalue weighted by molar-refractivity contribution is 14.0. The van der Waals surface area contributed by atoms with Crippen LogP contribution in [0.5, 0.6) is 0 Å². The van der Waals surface area contributed by atoms with E-state index in [1.165, 1.54) is 4.88 Å². The molecule has 1 aromatic rings. The average Bonchev–Trinajstić information content (AvgIpc) is 2.81. The summed E-state index contributed by atoms with van der Waals surface area (Å²) in [6.07, 6.45) is 1.13. The van der Waals surface area contributed by atoms with E-state index in [0.717, 1.165) is 25.5 Å². The van der Waals surface area contributed by atoms with Crippen molar-refractivity contribution in [3.05, 3.63) is 22.4 Å². The Morgan fingerprint density at radius 2 is 1.95 bits per heavy atom. The van der Waals surface area contributed by atoms with Gasteiger partial charge in [0.1, 0.15) is 0 Å². The van der Waals surface area contributed by atoms with E-state index in [4.69, 9.17) is 0 Å². The van der Waals surface area contributed by atoms with E-state index < -0.39 is 0 Å². The van der Waals surface area contributed by atoms with Gasteiger partial charge in [-0.2, -0.15) is 0 Å². The van der Waals surface area contributed by atoms with Crippen LogP contribution in [0.2, 0.25) is 0 Å². The minimum absolute atomic E-state index is 0. The molecule has 1 unspecified atom stereocenters. The highest BCUT2D eigenvalue weighted by Crippen LogP contribution is 2.13. The van der Waals surface area contributed by atoms with E-state index in [-0.39, 0.29) is 24.0 Å². The van der Waals surface area contributed by atoms with Gasteiger partial charge in [-0.1, -0.05) is 26.8 Å². The molecular weight excluding hydrogens is 369 g/mol. The second-order valence-electron chi connectivity index (χ2n) is 5.12. The van der Waals surface area contributed by atoms with Crippen LogP contribution in [0.15, 0.2) is 22.5 Å². The van der Waals surface area contributed by atoms with Gasteiger partial charge in [0.15, 0.2) is 5.96 Å². The van der Waals surface area contributed by atoms with Crippen LogP contribution in [-0.4, -0.2) is 26.1 Å². The molecule has 0 aliphatic heterocycles. The molecule has 1 atom stereocenters. The van der Waals surface area contributed by atoms with Crippen LogP contribution >= 0.6 is 35.3 Å². The zero-order valence-electron chi connectivity index (χ0n) is 12.3. The average molecular weight is 395 g/mol. The summed E-state index contributed by atoms with van der Waals surface area (Å²) in [5.74, 6) is 2.15. The SMILES string of the molecule is CN=C(NCC(C)C)NCC(C)Cc1cccs1.I. The largest absolute Gasteiger partial charge is 0.356 e. The van der Waals surface area contributed by atoms with Crippen molar-refractivity contribution >= 4 is 41.3 Å². The topological polar surface area (TPSA) is 36.4 Å². The summed E-state index contributed by atoms with van der Waals surface area (Å²) in [6, 6.07) is 4.32. The van der Waals surface area contributed by atoms with E-state index in [9.17, 15) is 0 Å². The molecule has 2 N–H and O–H groups in total. The van der Waals surface area contributed by atoms with Gasteiger partial charge in [0.25, 0.3) is 0 Å². The minimum atomic E-state index is 0. The molecule has 1 aromatic heterocycles. The highest BCUT2D eigenvalue weighted by atomic mass is 127. The fourth-order valence-corrected chi connectivity index (χ4v) is 2.51. The van der Waals surface area contributed by atoms with Crippen LogP contribution in [0.4, 0.5) is 0 Å². The molecule has 5 heteroatoms. The number of hydrogen-bond donors (Lipinski definition) is 2. The van der Waals surface area contributed by atoms with Gasteiger partial charge in [-0.15, -0.1) is 35.3 Å². The molecule has 3 nitrogen and oxygen atoms in total. The van der Waals surface area contributed by atoms with Crippen LogP contribution in [0.25, 0.3) is 0 Å². The van der Waals surface area contributed by atoms with Gasteiger partial charge in [0.2, 0.25) is 0 Å². The summed E-state index contributed by atoms with van der Waals surface area (Å²) in [4.78, 5) is 5.68. The lowest BCUT2D eigenvalue weighted by molar-refractivity contribution is 0.554. The van der Waals surface area contributed by atoms with E-state index in [1.807, 2.05) is 18.4 Å². The van der Waals surface area contributed by atoms with Gasteiger partial charge in [0.05, 0.1) is 0 Å². The Morgan fingerprint density at radius 3 is 2.47 bits per heavy atom. The van der Waals surface area contributed by atoms with E-state index in [0.29, 0.717) is 11.8 Å². The van der Waals surface area contributed by atoms with E-state index >= 15 is 0 Å². The molecule has 0 aliphatic carbocycles. The third-order valence-electron chi connectivity index (χ3n) is 2.65. The Balaban J connectivity index is 0.00000324. The Kier molecular flexibility index (Phi) is 10.3. The van der Waals surface area contributed by atoms with Crippen molar-refractivity contribution in [2.24, 2.45) is 16.8 Å². The van der Waals surface area contributed by atoms with Crippen LogP contribution in [-0.2, 0) is 6.42 Å². The molecule has 110 valence electrons. The highest BCUT2D eigenvalue weighted by Gasteiger charge is 2.06. The first-order valence-electron chi connectivity index (χ1n) is 6.58. The van der Waals surface area contributed by atoms with E-state index in [1.54, 1.807) is 0 Å². The first-order valence-corrected chi connectivity index (χ1v) is 7.46. The summed E-state index contributed by atoms with van der Waals surface area (Å²) in [6.45, 7) is 8.57. The van der Waals surface area contributed by atoms with Gasteiger partial charge < -0.3 is 10.6 Å². The first kappa shape index (κ1) is 18.7. The summed E-state index contributed by atoms with van der Waals surface area (Å²) in [7, 11) is 1.82.